The summed E-state index contributed by atoms with van der Waals surface area (Å²) in [6, 6.07) is 6.79. The molecule has 1 aromatic heterocycles. The Bertz CT molecular complexity index is 450. The number of aryl methyl sites for hydroxylation is 1. The quantitative estimate of drug-likeness (QED) is 0.690. The summed E-state index contributed by atoms with van der Waals surface area (Å²) < 4.78 is 5.33. The first-order chi connectivity index (χ1) is 7.16. The molecule has 0 radical (unpaired) electrons. The van der Waals surface area contributed by atoms with Crippen molar-refractivity contribution < 1.29 is 14.5 Å². The Morgan fingerprint density at radius 2 is 1.87 bits per heavy atom. The van der Waals surface area contributed by atoms with Gasteiger partial charge in [-0.2, -0.15) is 0 Å². The second-order valence-electron chi connectivity index (χ2n) is 3.24. The maximum Gasteiger partial charge on any atom is 0.488 e. The SMILES string of the molecule is Cc1ncc(-c2ccc(B(O)O)cc2)o1. The number of oxazole rings is 1. The van der Waals surface area contributed by atoms with Gasteiger partial charge in [-0.3, -0.25) is 0 Å². The summed E-state index contributed by atoms with van der Waals surface area (Å²) in [6.45, 7) is 1.77. The van der Waals surface area contributed by atoms with Crippen molar-refractivity contribution in [3.63, 3.8) is 0 Å². The zero-order valence-corrected chi connectivity index (χ0v) is 8.21. The Hall–Kier alpha value is -1.59. The minimum atomic E-state index is -1.43. The van der Waals surface area contributed by atoms with Crippen LogP contribution in [0.3, 0.4) is 0 Å². The molecule has 5 heteroatoms. The molecule has 0 amide bonds. The van der Waals surface area contributed by atoms with Crippen LogP contribution in [0.5, 0.6) is 0 Å². The maximum atomic E-state index is 8.91. The van der Waals surface area contributed by atoms with Crippen molar-refractivity contribution in [1.29, 1.82) is 0 Å². The Balaban J connectivity index is 2.31. The lowest BCUT2D eigenvalue weighted by atomic mass is 9.80. The van der Waals surface area contributed by atoms with Crippen LogP contribution in [0.4, 0.5) is 0 Å². The first-order valence-corrected chi connectivity index (χ1v) is 4.56. The lowest BCUT2D eigenvalue weighted by molar-refractivity contribution is 0.426. The van der Waals surface area contributed by atoms with E-state index < -0.39 is 7.12 Å². The summed E-state index contributed by atoms with van der Waals surface area (Å²) in [4.78, 5) is 3.99. The Kier molecular flexibility index (Phi) is 2.57. The molecular weight excluding hydrogens is 193 g/mol. The molecule has 1 heterocycles. The van der Waals surface area contributed by atoms with Crippen molar-refractivity contribution >= 4 is 12.6 Å². The molecular formula is C10H10BNO3. The van der Waals surface area contributed by atoms with Crippen molar-refractivity contribution in [2.75, 3.05) is 0 Å². The monoisotopic (exact) mass is 203 g/mol. The minimum Gasteiger partial charge on any atom is -0.441 e. The van der Waals surface area contributed by atoms with E-state index in [4.69, 9.17) is 14.5 Å². The second-order valence-corrected chi connectivity index (χ2v) is 3.24. The normalized spacial score (nSPS) is 10.3. The Labute approximate surface area is 87.3 Å². The number of benzene rings is 1. The lowest BCUT2D eigenvalue weighted by Crippen LogP contribution is -2.29. The van der Waals surface area contributed by atoms with E-state index in [1.807, 2.05) is 0 Å². The number of nitrogens with zero attached hydrogens (tertiary/aromatic N) is 1. The highest BCUT2D eigenvalue weighted by atomic mass is 16.4. The average molecular weight is 203 g/mol. The summed E-state index contributed by atoms with van der Waals surface area (Å²) in [5.74, 6) is 1.28. The van der Waals surface area contributed by atoms with Crippen LogP contribution >= 0.6 is 0 Å². The van der Waals surface area contributed by atoms with Crippen LogP contribution in [0.2, 0.25) is 0 Å². The van der Waals surface area contributed by atoms with Gasteiger partial charge in [-0.1, -0.05) is 24.3 Å². The molecule has 0 bridgehead atoms. The van der Waals surface area contributed by atoms with Gasteiger partial charge in [0.05, 0.1) is 6.20 Å². The highest BCUT2D eigenvalue weighted by Gasteiger charge is 2.11. The Morgan fingerprint density at radius 3 is 2.33 bits per heavy atom. The number of aromatic nitrogens is 1. The molecule has 76 valence electrons. The van der Waals surface area contributed by atoms with E-state index in [2.05, 4.69) is 4.98 Å². The average Bonchev–Trinajstić information content (AvgIpc) is 2.65. The molecule has 2 aromatic rings. The second kappa shape index (κ2) is 3.88. The van der Waals surface area contributed by atoms with Crippen LogP contribution in [0.15, 0.2) is 34.9 Å². The maximum absolute atomic E-state index is 8.91. The van der Waals surface area contributed by atoms with Crippen molar-refractivity contribution in [2.24, 2.45) is 0 Å². The first-order valence-electron chi connectivity index (χ1n) is 4.56. The van der Waals surface area contributed by atoms with Crippen molar-refractivity contribution in [3.05, 3.63) is 36.4 Å². The number of rotatable bonds is 2. The molecule has 0 saturated heterocycles. The highest BCUT2D eigenvalue weighted by molar-refractivity contribution is 6.58. The third-order valence-corrected chi connectivity index (χ3v) is 2.11. The van der Waals surface area contributed by atoms with E-state index in [-0.39, 0.29) is 0 Å². The van der Waals surface area contributed by atoms with E-state index in [1.54, 1.807) is 37.4 Å². The van der Waals surface area contributed by atoms with Crippen LogP contribution in [-0.4, -0.2) is 22.2 Å². The molecule has 0 spiro atoms. The van der Waals surface area contributed by atoms with Gasteiger partial charge in [-0.05, 0) is 5.46 Å². The molecule has 0 unspecified atom stereocenters. The molecule has 0 atom stereocenters. The van der Waals surface area contributed by atoms with Crippen molar-refractivity contribution in [2.45, 2.75) is 6.92 Å². The van der Waals surface area contributed by atoms with Crippen molar-refractivity contribution in [3.8, 4) is 11.3 Å². The molecule has 0 saturated carbocycles. The van der Waals surface area contributed by atoms with Gasteiger partial charge in [0.15, 0.2) is 11.7 Å². The van der Waals surface area contributed by atoms with Crippen molar-refractivity contribution in [1.82, 2.24) is 4.98 Å². The number of hydrogen-bond donors (Lipinski definition) is 2. The first kappa shape index (κ1) is 9.95. The van der Waals surface area contributed by atoms with E-state index in [1.165, 1.54) is 0 Å². The molecule has 2 rings (SSSR count). The van der Waals surface area contributed by atoms with Gasteiger partial charge in [0.2, 0.25) is 0 Å². The van der Waals surface area contributed by atoms with Gasteiger partial charge < -0.3 is 14.5 Å². The molecule has 4 nitrogen and oxygen atoms in total. The summed E-state index contributed by atoms with van der Waals surface area (Å²) in [5, 5.41) is 17.8. The zero-order chi connectivity index (χ0) is 10.8. The summed E-state index contributed by atoms with van der Waals surface area (Å²) in [7, 11) is -1.43. The topological polar surface area (TPSA) is 66.5 Å². The third-order valence-electron chi connectivity index (χ3n) is 2.11. The molecule has 0 aliphatic rings. The van der Waals surface area contributed by atoms with Crippen LogP contribution in [0.25, 0.3) is 11.3 Å². The molecule has 1 aromatic carbocycles. The van der Waals surface area contributed by atoms with Gasteiger partial charge in [-0.15, -0.1) is 0 Å². The fraction of sp³-hybridized carbons (Fsp3) is 0.100. The van der Waals surface area contributed by atoms with Crippen LogP contribution in [0, 0.1) is 6.92 Å². The smallest absolute Gasteiger partial charge is 0.441 e. The highest BCUT2D eigenvalue weighted by Crippen LogP contribution is 2.18. The summed E-state index contributed by atoms with van der Waals surface area (Å²) in [5.41, 5.74) is 1.31. The summed E-state index contributed by atoms with van der Waals surface area (Å²) in [6.07, 6.45) is 1.64. The van der Waals surface area contributed by atoms with Crippen LogP contribution in [-0.2, 0) is 0 Å². The van der Waals surface area contributed by atoms with Gasteiger partial charge in [0.25, 0.3) is 0 Å². The van der Waals surface area contributed by atoms with Gasteiger partial charge in [0, 0.05) is 12.5 Å². The van der Waals surface area contributed by atoms with Gasteiger partial charge in [0.1, 0.15) is 0 Å². The van der Waals surface area contributed by atoms with E-state index in [0.717, 1.165) is 5.56 Å². The molecule has 15 heavy (non-hydrogen) atoms. The fourth-order valence-electron chi connectivity index (χ4n) is 1.31. The van der Waals surface area contributed by atoms with Gasteiger partial charge in [-0.25, -0.2) is 4.98 Å². The summed E-state index contributed by atoms with van der Waals surface area (Å²) >= 11 is 0. The van der Waals surface area contributed by atoms with Gasteiger partial charge >= 0.3 is 7.12 Å². The minimum absolute atomic E-state index is 0.454. The lowest BCUT2D eigenvalue weighted by Gasteiger charge is -2.00. The molecule has 2 N–H and O–H groups in total. The molecule has 0 fully saturated rings. The number of hydrogen-bond acceptors (Lipinski definition) is 4. The molecule has 0 aliphatic carbocycles. The Morgan fingerprint density at radius 1 is 1.20 bits per heavy atom. The molecule has 0 aliphatic heterocycles. The van der Waals surface area contributed by atoms with E-state index in [9.17, 15) is 0 Å². The van der Waals surface area contributed by atoms with E-state index in [0.29, 0.717) is 17.1 Å². The third kappa shape index (κ3) is 2.08. The fourth-order valence-corrected chi connectivity index (χ4v) is 1.31. The largest absolute Gasteiger partial charge is 0.488 e. The van der Waals surface area contributed by atoms with E-state index >= 15 is 0 Å². The van der Waals surface area contributed by atoms with Crippen LogP contribution in [0.1, 0.15) is 5.89 Å². The van der Waals surface area contributed by atoms with Crippen LogP contribution < -0.4 is 5.46 Å². The predicted molar refractivity (Wildman–Crippen MR) is 56.5 cm³/mol. The predicted octanol–water partition coefficient (Wildman–Crippen LogP) is 0.330. The standard InChI is InChI=1S/C10H10BNO3/c1-7-12-6-10(15-7)8-2-4-9(5-3-8)11(13)14/h2-6,13-14H,1H3. The zero-order valence-electron chi connectivity index (χ0n) is 8.21.